The Morgan fingerprint density at radius 2 is 1.79 bits per heavy atom. The van der Waals surface area contributed by atoms with Crippen molar-refractivity contribution in [1.82, 2.24) is 5.32 Å². The molecule has 0 saturated heterocycles. The number of carbonyl (C=O) groups excluding carboxylic acids is 1. The first-order valence-corrected chi connectivity index (χ1v) is 4.56. The van der Waals surface area contributed by atoms with Gasteiger partial charge in [-0.2, -0.15) is 0 Å². The minimum Gasteiger partial charge on any atom is -0.399 e. The molecule has 0 heterocycles. The van der Waals surface area contributed by atoms with Crippen LogP contribution in [0.25, 0.3) is 0 Å². The Kier molecular flexibility index (Phi) is 2.79. The number of carbonyl (C=O) groups is 1. The molecule has 0 aromatic heterocycles. The number of anilines is 1. The van der Waals surface area contributed by atoms with Crippen LogP contribution in [0.15, 0.2) is 24.3 Å². The molecular weight excluding hydrogens is 176 g/mol. The van der Waals surface area contributed by atoms with Crippen LogP contribution in [0.4, 0.5) is 5.69 Å². The van der Waals surface area contributed by atoms with Crippen molar-refractivity contribution in [2.24, 2.45) is 0 Å². The molecular formula is C11H16N2O. The van der Waals surface area contributed by atoms with Gasteiger partial charge in [-0.25, -0.2) is 0 Å². The molecule has 0 atom stereocenters. The van der Waals surface area contributed by atoms with Crippen molar-refractivity contribution in [2.75, 3.05) is 5.73 Å². The highest BCUT2D eigenvalue weighted by atomic mass is 16.1. The molecule has 14 heavy (non-hydrogen) atoms. The quantitative estimate of drug-likeness (QED) is 0.700. The van der Waals surface area contributed by atoms with Gasteiger partial charge in [-0.15, -0.1) is 0 Å². The van der Waals surface area contributed by atoms with Crippen LogP contribution in [-0.2, 0) is 10.3 Å². The fourth-order valence-corrected chi connectivity index (χ4v) is 1.41. The minimum atomic E-state index is -0.348. The summed E-state index contributed by atoms with van der Waals surface area (Å²) in [4.78, 5) is 11.0. The van der Waals surface area contributed by atoms with Crippen molar-refractivity contribution in [2.45, 2.75) is 26.3 Å². The van der Waals surface area contributed by atoms with Crippen LogP contribution < -0.4 is 11.1 Å². The number of hydrogen-bond acceptors (Lipinski definition) is 2. The lowest BCUT2D eigenvalue weighted by Crippen LogP contribution is -2.39. The molecule has 0 fully saturated rings. The van der Waals surface area contributed by atoms with Gasteiger partial charge in [0.25, 0.3) is 0 Å². The highest BCUT2D eigenvalue weighted by molar-refractivity contribution is 5.74. The molecule has 0 spiro atoms. The largest absolute Gasteiger partial charge is 0.399 e. The summed E-state index contributed by atoms with van der Waals surface area (Å²) >= 11 is 0. The van der Waals surface area contributed by atoms with E-state index in [1.807, 2.05) is 38.1 Å². The summed E-state index contributed by atoms with van der Waals surface area (Å²) in [6, 6.07) is 7.51. The Morgan fingerprint density at radius 3 is 2.21 bits per heavy atom. The molecule has 0 aliphatic heterocycles. The van der Waals surface area contributed by atoms with Gasteiger partial charge >= 0.3 is 0 Å². The Bertz CT molecular complexity index is 328. The fourth-order valence-electron chi connectivity index (χ4n) is 1.41. The second-order valence-corrected chi connectivity index (χ2v) is 3.93. The first-order valence-electron chi connectivity index (χ1n) is 4.56. The van der Waals surface area contributed by atoms with Crippen molar-refractivity contribution in [3.8, 4) is 0 Å². The van der Waals surface area contributed by atoms with Crippen LogP contribution in [0.2, 0.25) is 0 Å². The van der Waals surface area contributed by atoms with E-state index in [1.54, 1.807) is 0 Å². The summed E-state index contributed by atoms with van der Waals surface area (Å²) < 4.78 is 0. The third-order valence-corrected chi connectivity index (χ3v) is 2.12. The molecule has 1 amide bonds. The zero-order valence-electron chi connectivity index (χ0n) is 8.79. The molecule has 3 N–H and O–H groups in total. The summed E-state index contributed by atoms with van der Waals surface area (Å²) in [6.07, 6.45) is 0. The second kappa shape index (κ2) is 3.70. The average Bonchev–Trinajstić information content (AvgIpc) is 2.02. The highest BCUT2D eigenvalue weighted by Gasteiger charge is 2.20. The molecule has 0 radical (unpaired) electrons. The fraction of sp³-hybridized carbons (Fsp3) is 0.364. The zero-order chi connectivity index (χ0) is 10.8. The normalized spacial score (nSPS) is 11.1. The summed E-state index contributed by atoms with van der Waals surface area (Å²) in [5.41, 5.74) is 7.01. The van der Waals surface area contributed by atoms with E-state index >= 15 is 0 Å². The number of nitrogens with one attached hydrogen (secondary N) is 1. The van der Waals surface area contributed by atoms with E-state index in [0.29, 0.717) is 0 Å². The van der Waals surface area contributed by atoms with Gasteiger partial charge in [0.2, 0.25) is 5.91 Å². The Hall–Kier alpha value is -1.51. The SMILES string of the molecule is CC(=O)NC(C)(C)c1ccc(N)cc1. The molecule has 3 heteroatoms. The van der Waals surface area contributed by atoms with Gasteiger partial charge < -0.3 is 11.1 Å². The van der Waals surface area contributed by atoms with Gasteiger partial charge in [0.05, 0.1) is 5.54 Å². The maximum Gasteiger partial charge on any atom is 0.217 e. The van der Waals surface area contributed by atoms with Gasteiger partial charge in [0.15, 0.2) is 0 Å². The summed E-state index contributed by atoms with van der Waals surface area (Å²) in [6.45, 7) is 5.43. The number of amides is 1. The maximum atomic E-state index is 11.0. The summed E-state index contributed by atoms with van der Waals surface area (Å²) in [5.74, 6) is -0.0353. The third kappa shape index (κ3) is 2.49. The summed E-state index contributed by atoms with van der Waals surface area (Å²) in [7, 11) is 0. The molecule has 1 aromatic rings. The van der Waals surface area contributed by atoms with Crippen LogP contribution in [0.5, 0.6) is 0 Å². The van der Waals surface area contributed by atoms with E-state index in [2.05, 4.69) is 5.32 Å². The van der Waals surface area contributed by atoms with Gasteiger partial charge in [-0.1, -0.05) is 12.1 Å². The topological polar surface area (TPSA) is 55.1 Å². The molecule has 0 bridgehead atoms. The van der Waals surface area contributed by atoms with E-state index < -0.39 is 0 Å². The van der Waals surface area contributed by atoms with Crippen molar-refractivity contribution >= 4 is 11.6 Å². The number of nitrogens with two attached hydrogens (primary N) is 1. The molecule has 76 valence electrons. The van der Waals surface area contributed by atoms with Crippen molar-refractivity contribution < 1.29 is 4.79 Å². The predicted molar refractivity (Wildman–Crippen MR) is 57.7 cm³/mol. The van der Waals surface area contributed by atoms with Gasteiger partial charge in [0, 0.05) is 12.6 Å². The van der Waals surface area contributed by atoms with Crippen molar-refractivity contribution in [1.29, 1.82) is 0 Å². The zero-order valence-corrected chi connectivity index (χ0v) is 8.79. The van der Waals surface area contributed by atoms with E-state index in [-0.39, 0.29) is 11.4 Å². The molecule has 0 unspecified atom stereocenters. The average molecular weight is 192 g/mol. The Labute approximate surface area is 84.3 Å². The lowest BCUT2D eigenvalue weighted by Gasteiger charge is -2.26. The first-order chi connectivity index (χ1) is 6.42. The predicted octanol–water partition coefficient (Wildman–Crippen LogP) is 1.64. The third-order valence-electron chi connectivity index (χ3n) is 2.12. The Morgan fingerprint density at radius 1 is 1.29 bits per heavy atom. The monoisotopic (exact) mass is 192 g/mol. The second-order valence-electron chi connectivity index (χ2n) is 3.93. The number of rotatable bonds is 2. The van der Waals surface area contributed by atoms with E-state index in [1.165, 1.54) is 6.92 Å². The maximum absolute atomic E-state index is 11.0. The molecule has 0 saturated carbocycles. The number of benzene rings is 1. The molecule has 3 nitrogen and oxygen atoms in total. The number of nitrogen functional groups attached to an aromatic ring is 1. The van der Waals surface area contributed by atoms with Gasteiger partial charge in [-0.05, 0) is 31.5 Å². The van der Waals surface area contributed by atoms with Crippen LogP contribution in [-0.4, -0.2) is 5.91 Å². The van der Waals surface area contributed by atoms with Crippen LogP contribution in [0, 0.1) is 0 Å². The molecule has 1 rings (SSSR count). The smallest absolute Gasteiger partial charge is 0.217 e. The first kappa shape index (κ1) is 10.6. The minimum absolute atomic E-state index is 0.0353. The molecule has 0 aliphatic rings. The van der Waals surface area contributed by atoms with Crippen LogP contribution >= 0.6 is 0 Å². The lowest BCUT2D eigenvalue weighted by atomic mass is 9.94. The van der Waals surface area contributed by atoms with Gasteiger partial charge in [-0.3, -0.25) is 4.79 Å². The molecule has 0 aliphatic carbocycles. The van der Waals surface area contributed by atoms with E-state index in [9.17, 15) is 4.79 Å². The van der Waals surface area contributed by atoms with Crippen LogP contribution in [0.1, 0.15) is 26.3 Å². The van der Waals surface area contributed by atoms with E-state index in [0.717, 1.165) is 11.3 Å². The van der Waals surface area contributed by atoms with Gasteiger partial charge in [0.1, 0.15) is 0 Å². The van der Waals surface area contributed by atoms with E-state index in [4.69, 9.17) is 5.73 Å². The van der Waals surface area contributed by atoms with Crippen LogP contribution in [0.3, 0.4) is 0 Å². The number of hydrogen-bond donors (Lipinski definition) is 2. The molecule has 1 aromatic carbocycles. The standard InChI is InChI=1S/C11H16N2O/c1-8(14)13-11(2,3)9-4-6-10(12)7-5-9/h4-7H,12H2,1-3H3,(H,13,14). The summed E-state index contributed by atoms with van der Waals surface area (Å²) in [5, 5.41) is 2.88. The Balaban J connectivity index is 2.91. The highest BCUT2D eigenvalue weighted by Crippen LogP contribution is 2.20. The van der Waals surface area contributed by atoms with Crippen molar-refractivity contribution in [3.63, 3.8) is 0 Å². The lowest BCUT2D eigenvalue weighted by molar-refractivity contribution is -0.120. The van der Waals surface area contributed by atoms with Crippen molar-refractivity contribution in [3.05, 3.63) is 29.8 Å².